The molecule has 13 heavy (non-hydrogen) atoms. The molecule has 1 aliphatic heterocycles. The molecule has 0 bridgehead atoms. The van der Waals surface area contributed by atoms with E-state index < -0.39 is 11.9 Å². The molecule has 0 aliphatic carbocycles. The summed E-state index contributed by atoms with van der Waals surface area (Å²) in [6.07, 6.45) is -0.154. The molecule has 1 saturated heterocycles. The lowest BCUT2D eigenvalue weighted by Crippen LogP contribution is -2.45. The molecule has 0 radical (unpaired) electrons. The molecule has 6 nitrogen and oxygen atoms in total. The molecular weight excluding hydrogens is 178 g/mol. The van der Waals surface area contributed by atoms with Crippen molar-refractivity contribution in [3.8, 4) is 0 Å². The van der Waals surface area contributed by atoms with Crippen molar-refractivity contribution in [2.75, 3.05) is 19.7 Å². The molecular formula is C7H9NO5. The van der Waals surface area contributed by atoms with E-state index in [9.17, 15) is 14.4 Å². The molecule has 0 atom stereocenters. The number of rotatable bonds is 3. The van der Waals surface area contributed by atoms with Crippen LogP contribution in [0, 0.1) is 0 Å². The first-order valence-corrected chi connectivity index (χ1v) is 3.75. The standard InChI is InChI=1S/C7H9NO5/c9-5-4-13-7(12)3-8(5)2-1-6(10)11/h1-4H2,(H,10,11). The molecule has 0 spiro atoms. The van der Waals surface area contributed by atoms with Gasteiger partial charge in [0.25, 0.3) is 5.91 Å². The number of carboxylic acids is 1. The number of ether oxygens (including phenoxy) is 1. The van der Waals surface area contributed by atoms with E-state index in [1.807, 2.05) is 0 Å². The fourth-order valence-corrected chi connectivity index (χ4v) is 0.958. The summed E-state index contributed by atoms with van der Waals surface area (Å²) in [5, 5.41) is 8.34. The largest absolute Gasteiger partial charge is 0.481 e. The Labute approximate surface area is 74.1 Å². The molecule has 0 unspecified atom stereocenters. The Bertz CT molecular complexity index is 249. The van der Waals surface area contributed by atoms with Crippen molar-refractivity contribution in [2.24, 2.45) is 0 Å². The van der Waals surface area contributed by atoms with Gasteiger partial charge in [0.15, 0.2) is 6.61 Å². The zero-order chi connectivity index (χ0) is 9.84. The summed E-state index contributed by atoms with van der Waals surface area (Å²) in [4.78, 5) is 33.1. The number of hydrogen-bond donors (Lipinski definition) is 1. The third-order valence-electron chi connectivity index (χ3n) is 1.62. The lowest BCUT2D eigenvalue weighted by atomic mass is 10.3. The van der Waals surface area contributed by atoms with E-state index in [1.165, 1.54) is 4.90 Å². The molecule has 0 aromatic heterocycles. The minimum Gasteiger partial charge on any atom is -0.481 e. The summed E-state index contributed by atoms with van der Waals surface area (Å²) in [7, 11) is 0. The number of carbonyl (C=O) groups is 3. The van der Waals surface area contributed by atoms with Crippen LogP contribution in [0.4, 0.5) is 0 Å². The van der Waals surface area contributed by atoms with Gasteiger partial charge >= 0.3 is 11.9 Å². The zero-order valence-electron chi connectivity index (χ0n) is 6.86. The fourth-order valence-electron chi connectivity index (χ4n) is 0.958. The van der Waals surface area contributed by atoms with Crippen molar-refractivity contribution in [2.45, 2.75) is 6.42 Å². The van der Waals surface area contributed by atoms with Crippen molar-refractivity contribution in [1.29, 1.82) is 0 Å². The van der Waals surface area contributed by atoms with Crippen LogP contribution in [0.5, 0.6) is 0 Å². The Morgan fingerprint density at radius 3 is 2.85 bits per heavy atom. The van der Waals surface area contributed by atoms with Crippen molar-refractivity contribution >= 4 is 17.8 Å². The number of hydrogen-bond acceptors (Lipinski definition) is 4. The number of cyclic esters (lactones) is 1. The van der Waals surface area contributed by atoms with Crippen LogP contribution in [-0.2, 0) is 19.1 Å². The molecule has 0 aromatic carbocycles. The van der Waals surface area contributed by atoms with Crippen LogP contribution >= 0.6 is 0 Å². The van der Waals surface area contributed by atoms with E-state index in [0.29, 0.717) is 0 Å². The number of esters is 1. The van der Waals surface area contributed by atoms with Gasteiger partial charge in [-0.3, -0.25) is 14.4 Å². The van der Waals surface area contributed by atoms with E-state index in [1.54, 1.807) is 0 Å². The first-order chi connectivity index (χ1) is 6.09. The SMILES string of the molecule is O=C(O)CCN1CC(=O)OCC1=O. The van der Waals surface area contributed by atoms with Crippen LogP contribution < -0.4 is 0 Å². The molecule has 1 rings (SSSR count). The highest BCUT2D eigenvalue weighted by Crippen LogP contribution is 2.00. The summed E-state index contributed by atoms with van der Waals surface area (Å²) < 4.78 is 4.45. The van der Waals surface area contributed by atoms with Crippen LogP contribution in [0.1, 0.15) is 6.42 Å². The summed E-state index contributed by atoms with van der Waals surface area (Å²) in [6.45, 7) is -0.367. The average Bonchev–Trinajstić information content (AvgIpc) is 2.06. The van der Waals surface area contributed by atoms with Gasteiger partial charge in [-0.2, -0.15) is 0 Å². The van der Waals surface area contributed by atoms with Gasteiger partial charge in [0.05, 0.1) is 6.42 Å². The third kappa shape index (κ3) is 2.73. The minimum atomic E-state index is -0.994. The van der Waals surface area contributed by atoms with E-state index in [2.05, 4.69) is 4.74 Å². The third-order valence-corrected chi connectivity index (χ3v) is 1.62. The van der Waals surface area contributed by atoms with Crippen LogP contribution in [0.25, 0.3) is 0 Å². The number of carboxylic acid groups (broad SMARTS) is 1. The summed E-state index contributed by atoms with van der Waals surface area (Å²) in [5.41, 5.74) is 0. The maximum Gasteiger partial charge on any atom is 0.326 e. The number of morpholine rings is 1. The normalized spacial score (nSPS) is 17.1. The van der Waals surface area contributed by atoms with E-state index in [-0.39, 0.29) is 32.0 Å². The van der Waals surface area contributed by atoms with Gasteiger partial charge in [0, 0.05) is 6.54 Å². The smallest absolute Gasteiger partial charge is 0.326 e. The van der Waals surface area contributed by atoms with Crippen molar-refractivity contribution < 1.29 is 24.2 Å². The number of aliphatic carboxylic acids is 1. The van der Waals surface area contributed by atoms with Crippen LogP contribution in [0.2, 0.25) is 0 Å². The predicted octanol–water partition coefficient (Wildman–Crippen LogP) is -1.15. The fraction of sp³-hybridized carbons (Fsp3) is 0.571. The highest BCUT2D eigenvalue weighted by atomic mass is 16.5. The molecule has 72 valence electrons. The second-order valence-electron chi connectivity index (χ2n) is 2.62. The molecule has 1 heterocycles. The van der Waals surface area contributed by atoms with Gasteiger partial charge in [-0.25, -0.2) is 0 Å². The Hall–Kier alpha value is -1.59. The lowest BCUT2D eigenvalue weighted by Gasteiger charge is -2.24. The van der Waals surface area contributed by atoms with Crippen LogP contribution in [0.3, 0.4) is 0 Å². The topological polar surface area (TPSA) is 83.9 Å². The van der Waals surface area contributed by atoms with Crippen LogP contribution in [0.15, 0.2) is 0 Å². The van der Waals surface area contributed by atoms with Crippen LogP contribution in [-0.4, -0.2) is 47.5 Å². The lowest BCUT2D eigenvalue weighted by molar-refractivity contribution is -0.162. The predicted molar refractivity (Wildman–Crippen MR) is 39.8 cm³/mol. The Morgan fingerprint density at radius 2 is 2.23 bits per heavy atom. The summed E-state index contributed by atoms with van der Waals surface area (Å²) >= 11 is 0. The van der Waals surface area contributed by atoms with Gasteiger partial charge in [-0.05, 0) is 0 Å². The highest BCUT2D eigenvalue weighted by molar-refractivity contribution is 5.88. The molecule has 0 saturated carbocycles. The molecule has 1 N–H and O–H groups in total. The summed E-state index contributed by atoms with van der Waals surface area (Å²) in [5.74, 6) is -1.84. The molecule has 1 fully saturated rings. The van der Waals surface area contributed by atoms with Gasteiger partial charge in [-0.15, -0.1) is 0 Å². The Kier molecular flexibility index (Phi) is 2.84. The highest BCUT2D eigenvalue weighted by Gasteiger charge is 2.24. The van der Waals surface area contributed by atoms with Gasteiger partial charge < -0.3 is 14.7 Å². The second-order valence-corrected chi connectivity index (χ2v) is 2.62. The molecule has 1 aliphatic rings. The van der Waals surface area contributed by atoms with Crippen molar-refractivity contribution in [3.05, 3.63) is 0 Å². The van der Waals surface area contributed by atoms with Crippen molar-refractivity contribution in [3.63, 3.8) is 0 Å². The maximum absolute atomic E-state index is 11.0. The molecule has 6 heteroatoms. The van der Waals surface area contributed by atoms with Gasteiger partial charge in [-0.1, -0.05) is 0 Å². The quantitative estimate of drug-likeness (QED) is 0.564. The first kappa shape index (κ1) is 9.50. The van der Waals surface area contributed by atoms with Gasteiger partial charge in [0.2, 0.25) is 0 Å². The molecule has 1 amide bonds. The monoisotopic (exact) mass is 187 g/mol. The molecule has 0 aromatic rings. The Morgan fingerprint density at radius 1 is 1.54 bits per heavy atom. The van der Waals surface area contributed by atoms with E-state index in [0.717, 1.165) is 0 Å². The maximum atomic E-state index is 11.0. The number of amides is 1. The van der Waals surface area contributed by atoms with E-state index in [4.69, 9.17) is 5.11 Å². The van der Waals surface area contributed by atoms with Crippen molar-refractivity contribution in [1.82, 2.24) is 4.90 Å². The second kappa shape index (κ2) is 3.88. The average molecular weight is 187 g/mol. The first-order valence-electron chi connectivity index (χ1n) is 3.75. The van der Waals surface area contributed by atoms with Gasteiger partial charge in [0.1, 0.15) is 6.54 Å². The summed E-state index contributed by atoms with van der Waals surface area (Å²) in [6, 6.07) is 0. The Balaban J connectivity index is 2.42. The minimum absolute atomic E-state index is 0.0588. The number of nitrogens with zero attached hydrogens (tertiary/aromatic N) is 1. The van der Waals surface area contributed by atoms with E-state index >= 15 is 0 Å². The number of carbonyl (C=O) groups excluding carboxylic acids is 2. The zero-order valence-corrected chi connectivity index (χ0v) is 6.86.